The standard InChI is InChI=1S/C18H15Cl2N3O4/c1-22(11-16(24)21-18-14(19)6-3-7-15(18)20)17(25)9-8-12-4-2-5-13(10-12)23(26)27/h2-10H,11H2,1H3,(H,21,24)/b9-8+. The number of nitrogens with zero attached hydrogens (tertiary/aromatic N) is 2. The van der Waals surface area contributed by atoms with E-state index in [0.717, 1.165) is 0 Å². The number of rotatable bonds is 6. The third kappa shape index (κ3) is 5.80. The highest BCUT2D eigenvalue weighted by atomic mass is 35.5. The first-order chi connectivity index (χ1) is 12.8. The van der Waals surface area contributed by atoms with Crippen molar-refractivity contribution in [3.63, 3.8) is 0 Å². The third-order valence-corrected chi connectivity index (χ3v) is 4.11. The number of para-hydroxylation sites is 1. The molecule has 7 nitrogen and oxygen atoms in total. The fourth-order valence-electron chi connectivity index (χ4n) is 2.13. The molecule has 0 fully saturated rings. The Bertz CT molecular complexity index is 895. The molecule has 0 spiro atoms. The highest BCUT2D eigenvalue weighted by Crippen LogP contribution is 2.29. The first-order valence-corrected chi connectivity index (χ1v) is 8.45. The Morgan fingerprint density at radius 2 is 1.81 bits per heavy atom. The van der Waals surface area contributed by atoms with Crippen LogP contribution in [0.2, 0.25) is 10.0 Å². The van der Waals surface area contributed by atoms with Crippen molar-refractivity contribution < 1.29 is 14.5 Å². The van der Waals surface area contributed by atoms with Gasteiger partial charge < -0.3 is 10.2 Å². The quantitative estimate of drug-likeness (QED) is 0.444. The topological polar surface area (TPSA) is 92.6 Å². The molecule has 9 heteroatoms. The number of likely N-dealkylation sites (N-methyl/N-ethyl adjacent to an activating group) is 1. The summed E-state index contributed by atoms with van der Waals surface area (Å²) >= 11 is 12.0. The molecule has 0 atom stereocenters. The van der Waals surface area contributed by atoms with E-state index in [2.05, 4.69) is 5.32 Å². The van der Waals surface area contributed by atoms with Gasteiger partial charge in [0.1, 0.15) is 0 Å². The number of carbonyl (C=O) groups excluding carboxylic acids is 2. The van der Waals surface area contributed by atoms with Crippen molar-refractivity contribution >= 4 is 52.5 Å². The number of benzene rings is 2. The number of non-ortho nitro benzene ring substituents is 1. The predicted molar refractivity (Wildman–Crippen MR) is 105 cm³/mol. The van der Waals surface area contributed by atoms with Gasteiger partial charge in [0.25, 0.3) is 5.69 Å². The summed E-state index contributed by atoms with van der Waals surface area (Å²) in [5, 5.41) is 13.9. The molecule has 2 amide bonds. The van der Waals surface area contributed by atoms with Crippen LogP contribution < -0.4 is 5.32 Å². The van der Waals surface area contributed by atoms with Gasteiger partial charge in [-0.15, -0.1) is 0 Å². The minimum atomic E-state index is -0.518. The highest BCUT2D eigenvalue weighted by molar-refractivity contribution is 6.39. The van der Waals surface area contributed by atoms with Crippen molar-refractivity contribution in [2.75, 3.05) is 18.9 Å². The Labute approximate surface area is 165 Å². The minimum absolute atomic E-state index is 0.0750. The Kier molecular flexibility index (Phi) is 6.92. The second-order valence-corrected chi connectivity index (χ2v) is 6.34. The number of hydrogen-bond acceptors (Lipinski definition) is 4. The van der Waals surface area contributed by atoms with Crippen LogP contribution in [-0.2, 0) is 9.59 Å². The summed E-state index contributed by atoms with van der Waals surface area (Å²) in [5.41, 5.74) is 0.700. The van der Waals surface area contributed by atoms with Gasteiger partial charge in [-0.1, -0.05) is 41.4 Å². The third-order valence-electron chi connectivity index (χ3n) is 3.48. The Hall–Kier alpha value is -2.90. The number of halogens is 2. The molecule has 0 radical (unpaired) electrons. The molecule has 0 saturated heterocycles. The Balaban J connectivity index is 1.98. The summed E-state index contributed by atoms with van der Waals surface area (Å²) < 4.78 is 0. The summed E-state index contributed by atoms with van der Waals surface area (Å²) in [5.74, 6) is -0.911. The van der Waals surface area contributed by atoms with Gasteiger partial charge in [0.2, 0.25) is 11.8 Å². The van der Waals surface area contributed by atoms with Crippen LogP contribution in [0.1, 0.15) is 5.56 Å². The van der Waals surface area contributed by atoms with Crippen LogP contribution in [0.4, 0.5) is 11.4 Å². The van der Waals surface area contributed by atoms with Crippen LogP contribution in [-0.4, -0.2) is 35.2 Å². The van der Waals surface area contributed by atoms with Crippen LogP contribution in [0.15, 0.2) is 48.5 Å². The lowest BCUT2D eigenvalue weighted by atomic mass is 10.2. The zero-order valence-electron chi connectivity index (χ0n) is 14.2. The van der Waals surface area contributed by atoms with Gasteiger partial charge in [0.05, 0.1) is 27.2 Å². The smallest absolute Gasteiger partial charge is 0.270 e. The van der Waals surface area contributed by atoms with Crippen LogP contribution >= 0.6 is 23.2 Å². The normalized spacial score (nSPS) is 10.6. The van der Waals surface area contributed by atoms with Gasteiger partial charge >= 0.3 is 0 Å². The number of nitro benzene ring substituents is 1. The maximum atomic E-state index is 12.1. The molecule has 2 aromatic carbocycles. The van der Waals surface area contributed by atoms with Crippen molar-refractivity contribution in [3.05, 3.63) is 74.3 Å². The summed E-state index contributed by atoms with van der Waals surface area (Å²) in [6, 6.07) is 10.7. The first-order valence-electron chi connectivity index (χ1n) is 7.69. The van der Waals surface area contributed by atoms with E-state index in [9.17, 15) is 19.7 Å². The molecular weight excluding hydrogens is 393 g/mol. The average Bonchev–Trinajstić information content (AvgIpc) is 2.63. The number of carbonyl (C=O) groups is 2. The maximum absolute atomic E-state index is 12.1. The Morgan fingerprint density at radius 1 is 1.19 bits per heavy atom. The lowest BCUT2D eigenvalue weighted by Crippen LogP contribution is -2.34. The van der Waals surface area contributed by atoms with Crippen LogP contribution in [0.5, 0.6) is 0 Å². The van der Waals surface area contributed by atoms with E-state index in [1.807, 2.05) is 0 Å². The molecule has 0 aliphatic heterocycles. The fraction of sp³-hybridized carbons (Fsp3) is 0.111. The predicted octanol–water partition coefficient (Wildman–Crippen LogP) is 4.01. The molecule has 2 rings (SSSR count). The van der Waals surface area contributed by atoms with Crippen LogP contribution in [0, 0.1) is 10.1 Å². The minimum Gasteiger partial charge on any atom is -0.333 e. The molecule has 140 valence electrons. The van der Waals surface area contributed by atoms with Gasteiger partial charge in [0, 0.05) is 25.3 Å². The summed E-state index contributed by atoms with van der Waals surface area (Å²) in [4.78, 5) is 35.7. The molecule has 0 aliphatic rings. The number of amides is 2. The molecule has 0 unspecified atom stereocenters. The van der Waals surface area contributed by atoms with Crippen molar-refractivity contribution in [2.45, 2.75) is 0 Å². The second-order valence-electron chi connectivity index (χ2n) is 5.52. The highest BCUT2D eigenvalue weighted by Gasteiger charge is 2.14. The van der Waals surface area contributed by atoms with E-state index in [4.69, 9.17) is 23.2 Å². The van der Waals surface area contributed by atoms with Crippen molar-refractivity contribution in [1.29, 1.82) is 0 Å². The summed E-state index contributed by atoms with van der Waals surface area (Å²) in [6.45, 7) is -0.223. The SMILES string of the molecule is CN(CC(=O)Nc1c(Cl)cccc1Cl)C(=O)/C=C/c1cccc([N+](=O)[O-])c1. The number of hydrogen-bond donors (Lipinski definition) is 1. The zero-order valence-corrected chi connectivity index (χ0v) is 15.7. The lowest BCUT2D eigenvalue weighted by molar-refractivity contribution is -0.384. The van der Waals surface area contributed by atoms with Gasteiger partial charge in [-0.3, -0.25) is 19.7 Å². The summed E-state index contributed by atoms with van der Waals surface area (Å²) in [7, 11) is 1.45. The van der Waals surface area contributed by atoms with E-state index in [0.29, 0.717) is 5.56 Å². The zero-order chi connectivity index (χ0) is 20.0. The number of nitro groups is 1. The van der Waals surface area contributed by atoms with Crippen LogP contribution in [0.25, 0.3) is 6.08 Å². The van der Waals surface area contributed by atoms with E-state index in [1.165, 1.54) is 42.3 Å². The van der Waals surface area contributed by atoms with Crippen molar-refractivity contribution in [1.82, 2.24) is 4.90 Å². The van der Waals surface area contributed by atoms with Crippen molar-refractivity contribution in [2.24, 2.45) is 0 Å². The molecule has 0 bridgehead atoms. The van der Waals surface area contributed by atoms with Crippen LogP contribution in [0.3, 0.4) is 0 Å². The molecule has 27 heavy (non-hydrogen) atoms. The summed E-state index contributed by atoms with van der Waals surface area (Å²) in [6.07, 6.45) is 2.67. The molecule has 0 saturated carbocycles. The fourth-order valence-corrected chi connectivity index (χ4v) is 2.62. The maximum Gasteiger partial charge on any atom is 0.270 e. The van der Waals surface area contributed by atoms with E-state index >= 15 is 0 Å². The second kappa shape index (κ2) is 9.16. The van der Waals surface area contributed by atoms with E-state index in [-0.39, 0.29) is 28.0 Å². The molecular formula is C18H15Cl2N3O4. The first kappa shape index (κ1) is 20.4. The molecule has 1 N–H and O–H groups in total. The average molecular weight is 408 g/mol. The number of nitrogens with one attached hydrogen (secondary N) is 1. The van der Waals surface area contributed by atoms with E-state index < -0.39 is 16.7 Å². The molecule has 0 aromatic heterocycles. The van der Waals surface area contributed by atoms with Gasteiger partial charge in [-0.2, -0.15) is 0 Å². The van der Waals surface area contributed by atoms with Gasteiger partial charge in [-0.05, 0) is 23.8 Å². The molecule has 2 aromatic rings. The van der Waals surface area contributed by atoms with E-state index in [1.54, 1.807) is 24.3 Å². The van der Waals surface area contributed by atoms with Gasteiger partial charge in [-0.25, -0.2) is 0 Å². The number of anilines is 1. The van der Waals surface area contributed by atoms with Gasteiger partial charge in [0.15, 0.2) is 0 Å². The monoisotopic (exact) mass is 407 g/mol. The largest absolute Gasteiger partial charge is 0.333 e. The Morgan fingerprint density at radius 3 is 2.44 bits per heavy atom. The molecule has 0 aliphatic carbocycles. The van der Waals surface area contributed by atoms with Crippen molar-refractivity contribution in [3.8, 4) is 0 Å². The molecule has 0 heterocycles. The lowest BCUT2D eigenvalue weighted by Gasteiger charge is -2.15.